The molecule has 2 aromatic carbocycles. The summed E-state index contributed by atoms with van der Waals surface area (Å²) in [4.78, 5) is 15.5. The van der Waals surface area contributed by atoms with E-state index in [2.05, 4.69) is 10.2 Å². The van der Waals surface area contributed by atoms with Crippen LogP contribution < -0.4 is 10.1 Å². The van der Waals surface area contributed by atoms with Crippen molar-refractivity contribution in [3.05, 3.63) is 59.9 Å². The number of methoxy groups -OCH3 is 1. The van der Waals surface area contributed by atoms with Crippen LogP contribution in [0.25, 0.3) is 0 Å². The third kappa shape index (κ3) is 5.59. The molecule has 0 unspecified atom stereocenters. The molecule has 2 atom stereocenters. The Kier molecular flexibility index (Phi) is 7.85. The summed E-state index contributed by atoms with van der Waals surface area (Å²) < 4.78 is 45.8. The lowest BCUT2D eigenvalue weighted by Crippen LogP contribution is -2.46. The monoisotopic (exact) mass is 489 g/mol. The number of amides is 1. The summed E-state index contributed by atoms with van der Waals surface area (Å²) in [6.45, 7) is 2.92. The zero-order valence-electron chi connectivity index (χ0n) is 19.5. The largest absolute Gasteiger partial charge is 0.497 e. The van der Waals surface area contributed by atoms with Crippen LogP contribution in [0.5, 0.6) is 5.75 Å². The maximum absolute atomic E-state index is 13.2. The predicted octanol–water partition coefficient (Wildman–Crippen LogP) is 3.19. The summed E-state index contributed by atoms with van der Waals surface area (Å²) in [6, 6.07) is 12.8. The standard InChI is InChI=1S/C25H32FN3O4S/c1-33-22-10-6-19(7-11-22)24(28-14-2-3-15-28)17-27-25(30)20-5-4-16-29(18-20)34(31,32)23-12-8-21(26)9-13-23/h6-13,20,24H,2-5,14-18H2,1H3,(H,27,30)/t20-,24+/m0/s1. The Hall–Kier alpha value is -2.49. The van der Waals surface area contributed by atoms with Crippen LogP contribution in [-0.4, -0.2) is 63.4 Å². The summed E-state index contributed by atoms with van der Waals surface area (Å²) >= 11 is 0. The highest BCUT2D eigenvalue weighted by molar-refractivity contribution is 7.89. The molecule has 4 rings (SSSR count). The van der Waals surface area contributed by atoms with Crippen LogP contribution in [0.1, 0.15) is 37.3 Å². The van der Waals surface area contributed by atoms with E-state index in [1.807, 2.05) is 24.3 Å². The van der Waals surface area contributed by atoms with Gasteiger partial charge in [0, 0.05) is 19.6 Å². The molecule has 2 heterocycles. The number of likely N-dealkylation sites (tertiary alicyclic amines) is 1. The first-order chi connectivity index (χ1) is 16.4. The summed E-state index contributed by atoms with van der Waals surface area (Å²) in [7, 11) is -2.14. The van der Waals surface area contributed by atoms with Gasteiger partial charge in [0.1, 0.15) is 11.6 Å². The zero-order chi connectivity index (χ0) is 24.1. The Balaban J connectivity index is 1.41. The number of nitrogens with one attached hydrogen (secondary N) is 1. The highest BCUT2D eigenvalue weighted by Gasteiger charge is 2.34. The van der Waals surface area contributed by atoms with Crippen molar-refractivity contribution in [3.63, 3.8) is 0 Å². The molecule has 2 aliphatic rings. The number of hydrogen-bond acceptors (Lipinski definition) is 5. The molecule has 0 aromatic heterocycles. The highest BCUT2D eigenvalue weighted by atomic mass is 32.2. The van der Waals surface area contributed by atoms with Gasteiger partial charge in [-0.25, -0.2) is 12.8 Å². The molecule has 2 aliphatic heterocycles. The van der Waals surface area contributed by atoms with Crippen molar-refractivity contribution in [3.8, 4) is 5.75 Å². The highest BCUT2D eigenvalue weighted by Crippen LogP contribution is 2.27. The number of halogens is 1. The Labute approximate surface area is 200 Å². The van der Waals surface area contributed by atoms with Crippen LogP contribution >= 0.6 is 0 Å². The first-order valence-electron chi connectivity index (χ1n) is 11.8. The minimum absolute atomic E-state index is 0.0450. The fraction of sp³-hybridized carbons (Fsp3) is 0.480. The summed E-state index contributed by atoms with van der Waals surface area (Å²) in [6.07, 6.45) is 3.52. The number of nitrogens with zero attached hydrogens (tertiary/aromatic N) is 2. The normalized spacial score (nSPS) is 20.7. The molecular weight excluding hydrogens is 457 g/mol. The second kappa shape index (κ2) is 10.8. The molecule has 0 aliphatic carbocycles. The van der Waals surface area contributed by atoms with E-state index in [1.165, 1.54) is 16.4 Å². The molecule has 0 spiro atoms. The van der Waals surface area contributed by atoms with Crippen LogP contribution in [-0.2, 0) is 14.8 Å². The first-order valence-corrected chi connectivity index (χ1v) is 13.2. The molecule has 2 fully saturated rings. The van der Waals surface area contributed by atoms with Gasteiger partial charge in [0.05, 0.1) is 24.0 Å². The molecule has 0 bridgehead atoms. The topological polar surface area (TPSA) is 79.0 Å². The molecule has 184 valence electrons. The Bertz CT molecular complexity index is 1070. The minimum atomic E-state index is -3.77. The van der Waals surface area contributed by atoms with E-state index in [0.717, 1.165) is 49.4 Å². The van der Waals surface area contributed by atoms with Gasteiger partial charge in [-0.05, 0) is 80.7 Å². The first kappa shape index (κ1) is 24.6. The number of benzene rings is 2. The zero-order valence-corrected chi connectivity index (χ0v) is 20.3. The fourth-order valence-electron chi connectivity index (χ4n) is 4.81. The molecule has 34 heavy (non-hydrogen) atoms. The lowest BCUT2D eigenvalue weighted by Gasteiger charge is -2.32. The summed E-state index contributed by atoms with van der Waals surface area (Å²) in [5, 5.41) is 3.09. The van der Waals surface area contributed by atoms with Crippen molar-refractivity contribution in [2.75, 3.05) is 39.8 Å². The van der Waals surface area contributed by atoms with Crippen molar-refractivity contribution < 1.29 is 22.3 Å². The van der Waals surface area contributed by atoms with Crippen molar-refractivity contribution >= 4 is 15.9 Å². The average molecular weight is 490 g/mol. The molecule has 0 saturated carbocycles. The Morgan fingerprint density at radius 3 is 2.38 bits per heavy atom. The van der Waals surface area contributed by atoms with E-state index < -0.39 is 21.8 Å². The summed E-state index contributed by atoms with van der Waals surface area (Å²) in [5.74, 6) is -0.243. The Morgan fingerprint density at radius 1 is 1.06 bits per heavy atom. The van der Waals surface area contributed by atoms with Gasteiger partial charge in [-0.3, -0.25) is 9.69 Å². The molecule has 0 radical (unpaired) electrons. The smallest absolute Gasteiger partial charge is 0.243 e. The van der Waals surface area contributed by atoms with E-state index in [0.29, 0.717) is 25.9 Å². The summed E-state index contributed by atoms with van der Waals surface area (Å²) in [5.41, 5.74) is 1.12. The van der Waals surface area contributed by atoms with E-state index >= 15 is 0 Å². The Morgan fingerprint density at radius 2 is 1.74 bits per heavy atom. The fourth-order valence-corrected chi connectivity index (χ4v) is 6.33. The van der Waals surface area contributed by atoms with Crippen LogP contribution in [0.4, 0.5) is 4.39 Å². The number of hydrogen-bond donors (Lipinski definition) is 1. The molecule has 1 N–H and O–H groups in total. The van der Waals surface area contributed by atoms with E-state index in [4.69, 9.17) is 4.74 Å². The van der Waals surface area contributed by atoms with Crippen molar-refractivity contribution in [2.24, 2.45) is 5.92 Å². The van der Waals surface area contributed by atoms with Crippen LogP contribution in [0, 0.1) is 11.7 Å². The molecule has 2 saturated heterocycles. The van der Waals surface area contributed by atoms with Gasteiger partial charge in [0.15, 0.2) is 0 Å². The number of piperidine rings is 1. The molecule has 7 nitrogen and oxygen atoms in total. The predicted molar refractivity (Wildman–Crippen MR) is 127 cm³/mol. The van der Waals surface area contributed by atoms with Gasteiger partial charge in [-0.2, -0.15) is 4.31 Å². The van der Waals surface area contributed by atoms with Crippen molar-refractivity contribution in [2.45, 2.75) is 36.6 Å². The maximum Gasteiger partial charge on any atom is 0.243 e. The quantitative estimate of drug-likeness (QED) is 0.616. The van der Waals surface area contributed by atoms with E-state index in [1.54, 1.807) is 7.11 Å². The number of carbonyl (C=O) groups is 1. The minimum Gasteiger partial charge on any atom is -0.497 e. The van der Waals surface area contributed by atoms with Gasteiger partial charge in [0.25, 0.3) is 0 Å². The van der Waals surface area contributed by atoms with Gasteiger partial charge >= 0.3 is 0 Å². The molecule has 9 heteroatoms. The average Bonchev–Trinajstić information content (AvgIpc) is 3.39. The van der Waals surface area contributed by atoms with Gasteiger partial charge in [0.2, 0.25) is 15.9 Å². The number of sulfonamides is 1. The van der Waals surface area contributed by atoms with Gasteiger partial charge in [-0.15, -0.1) is 0 Å². The van der Waals surface area contributed by atoms with E-state index in [9.17, 15) is 17.6 Å². The lowest BCUT2D eigenvalue weighted by molar-refractivity contribution is -0.126. The van der Waals surface area contributed by atoms with E-state index in [-0.39, 0.29) is 23.4 Å². The van der Waals surface area contributed by atoms with Crippen molar-refractivity contribution in [1.29, 1.82) is 0 Å². The third-order valence-corrected chi connectivity index (χ3v) is 8.64. The van der Waals surface area contributed by atoms with Crippen molar-refractivity contribution in [1.82, 2.24) is 14.5 Å². The second-order valence-corrected chi connectivity index (χ2v) is 10.9. The molecule has 1 amide bonds. The molecular formula is C25H32FN3O4S. The van der Waals surface area contributed by atoms with Crippen LogP contribution in [0.2, 0.25) is 0 Å². The third-order valence-electron chi connectivity index (χ3n) is 6.76. The number of carbonyl (C=O) groups excluding carboxylic acids is 1. The van der Waals surface area contributed by atoms with Gasteiger partial charge < -0.3 is 10.1 Å². The molecule has 2 aromatic rings. The maximum atomic E-state index is 13.2. The number of ether oxygens (including phenoxy) is 1. The second-order valence-electron chi connectivity index (χ2n) is 8.93. The number of rotatable bonds is 8. The van der Waals surface area contributed by atoms with Crippen LogP contribution in [0.3, 0.4) is 0 Å². The van der Waals surface area contributed by atoms with Gasteiger partial charge in [-0.1, -0.05) is 12.1 Å². The van der Waals surface area contributed by atoms with Crippen LogP contribution in [0.15, 0.2) is 53.4 Å². The SMILES string of the molecule is COc1ccc([C@@H](CNC(=O)[C@H]2CCCN(S(=O)(=O)c3ccc(F)cc3)C2)N2CCCC2)cc1. The lowest BCUT2D eigenvalue weighted by atomic mass is 9.98.